The van der Waals surface area contributed by atoms with Gasteiger partial charge in [0.2, 0.25) is 0 Å². The van der Waals surface area contributed by atoms with E-state index in [-0.39, 0.29) is 0 Å². The van der Waals surface area contributed by atoms with Crippen LogP contribution in [0.25, 0.3) is 71.9 Å². The van der Waals surface area contributed by atoms with Crippen molar-refractivity contribution in [1.82, 2.24) is 9.55 Å². The van der Waals surface area contributed by atoms with Crippen LogP contribution in [0.3, 0.4) is 0 Å². The Kier molecular flexibility index (Phi) is 6.52. The van der Waals surface area contributed by atoms with Gasteiger partial charge in [0.25, 0.3) is 0 Å². The molecule has 0 atom stereocenters. The molecule has 256 valence electrons. The molecule has 2 aliphatic rings. The van der Waals surface area contributed by atoms with E-state index in [1.165, 1.54) is 75.8 Å². The summed E-state index contributed by atoms with van der Waals surface area (Å²) in [5, 5.41) is 4.93. The second-order valence-corrected chi connectivity index (χ2v) is 15.7. The minimum atomic E-state index is -0.449. The second kappa shape index (κ2) is 11.7. The number of hydrogen-bond acceptors (Lipinski definition) is 2. The van der Waals surface area contributed by atoms with Crippen molar-refractivity contribution in [1.29, 1.82) is 0 Å². The van der Waals surface area contributed by atoms with Gasteiger partial charge in [-0.15, -0.1) is 0 Å². The minimum Gasteiger partial charge on any atom is -0.293 e. The Balaban J connectivity index is 1.24. The van der Waals surface area contributed by atoms with Crippen LogP contribution in [0.2, 0.25) is 0 Å². The second-order valence-electron chi connectivity index (χ2n) is 14.6. The lowest BCUT2D eigenvalue weighted by molar-refractivity contribution is 0.726. The molecule has 12 rings (SSSR count). The van der Waals surface area contributed by atoms with Gasteiger partial charge in [0.05, 0.1) is 22.1 Å². The topological polar surface area (TPSA) is 17.8 Å². The molecule has 0 unspecified atom stereocenters. The first-order valence-corrected chi connectivity index (χ1v) is 19.7. The maximum Gasteiger partial charge on any atom is 0.138 e. The van der Waals surface area contributed by atoms with Gasteiger partial charge in [-0.2, -0.15) is 0 Å². The minimum absolute atomic E-state index is 0.449. The monoisotopic (exact) mass is 716 g/mol. The molecular weight excluding hydrogens is 685 g/mol. The summed E-state index contributed by atoms with van der Waals surface area (Å²) >= 11 is 1.92. The van der Waals surface area contributed by atoms with Crippen LogP contribution in [0.5, 0.6) is 0 Å². The summed E-state index contributed by atoms with van der Waals surface area (Å²) in [4.78, 5) is 8.12. The average Bonchev–Trinajstić information content (AvgIpc) is 3.76. The molecule has 0 radical (unpaired) electrons. The van der Waals surface area contributed by atoms with Gasteiger partial charge >= 0.3 is 0 Å². The zero-order chi connectivity index (χ0) is 36.1. The van der Waals surface area contributed by atoms with Gasteiger partial charge in [-0.3, -0.25) is 4.57 Å². The number of rotatable bonds is 3. The van der Waals surface area contributed by atoms with Crippen molar-refractivity contribution in [2.75, 3.05) is 0 Å². The van der Waals surface area contributed by atoms with Crippen molar-refractivity contribution in [2.45, 2.75) is 15.2 Å². The van der Waals surface area contributed by atoms with Crippen molar-refractivity contribution < 1.29 is 0 Å². The van der Waals surface area contributed by atoms with Crippen LogP contribution in [0.15, 0.2) is 204 Å². The van der Waals surface area contributed by atoms with Gasteiger partial charge in [-0.05, 0) is 74.2 Å². The predicted molar refractivity (Wildman–Crippen MR) is 228 cm³/mol. The van der Waals surface area contributed by atoms with Crippen LogP contribution in [0.1, 0.15) is 22.3 Å². The Bertz CT molecular complexity index is 3070. The number of aromatic nitrogens is 2. The molecule has 2 aromatic heterocycles. The quantitative estimate of drug-likeness (QED) is 0.181. The van der Waals surface area contributed by atoms with E-state index >= 15 is 0 Å². The Morgan fingerprint density at radius 2 is 1.09 bits per heavy atom. The van der Waals surface area contributed by atoms with E-state index in [2.05, 4.69) is 199 Å². The number of nitrogens with zero attached hydrogens (tertiary/aromatic N) is 2. The van der Waals surface area contributed by atoms with Gasteiger partial charge in [0.1, 0.15) is 5.82 Å². The van der Waals surface area contributed by atoms with E-state index in [0.29, 0.717) is 0 Å². The zero-order valence-electron chi connectivity index (χ0n) is 29.8. The third-order valence-corrected chi connectivity index (χ3v) is 13.1. The van der Waals surface area contributed by atoms with E-state index in [0.717, 1.165) is 28.2 Å². The lowest BCUT2D eigenvalue weighted by Crippen LogP contribution is -2.32. The number of hydrogen-bond donors (Lipinski definition) is 0. The molecule has 0 fully saturated rings. The third kappa shape index (κ3) is 4.24. The van der Waals surface area contributed by atoms with E-state index in [4.69, 9.17) is 4.98 Å². The van der Waals surface area contributed by atoms with Crippen molar-refractivity contribution in [3.63, 3.8) is 0 Å². The Labute approximate surface area is 323 Å². The molecule has 2 nitrogen and oxygen atoms in total. The summed E-state index contributed by atoms with van der Waals surface area (Å²) in [6, 6.07) is 71.2. The molecule has 1 aliphatic heterocycles. The van der Waals surface area contributed by atoms with Crippen LogP contribution in [0.4, 0.5) is 0 Å². The Morgan fingerprint density at radius 3 is 1.85 bits per heavy atom. The fraction of sp³-hybridized carbons (Fsp3) is 0.0192. The van der Waals surface area contributed by atoms with Crippen molar-refractivity contribution >= 4 is 44.3 Å². The molecule has 0 bridgehead atoms. The summed E-state index contributed by atoms with van der Waals surface area (Å²) in [5.41, 5.74) is 14.3. The first kappa shape index (κ1) is 30.7. The first-order chi connectivity index (χ1) is 27.3. The van der Waals surface area contributed by atoms with Crippen molar-refractivity contribution in [2.24, 2.45) is 0 Å². The van der Waals surface area contributed by atoms with Gasteiger partial charge in [0, 0.05) is 31.5 Å². The molecule has 0 saturated carbocycles. The van der Waals surface area contributed by atoms with E-state index in [1.54, 1.807) is 0 Å². The molecule has 55 heavy (non-hydrogen) atoms. The molecule has 1 spiro atoms. The number of benzene rings is 8. The maximum absolute atomic E-state index is 5.51. The van der Waals surface area contributed by atoms with Gasteiger partial charge in [-0.25, -0.2) is 4.98 Å². The summed E-state index contributed by atoms with van der Waals surface area (Å²) in [7, 11) is 0. The van der Waals surface area contributed by atoms with Gasteiger partial charge < -0.3 is 0 Å². The number of pyridine rings is 1. The van der Waals surface area contributed by atoms with Crippen LogP contribution in [0, 0.1) is 0 Å². The maximum atomic E-state index is 5.51. The fourth-order valence-corrected chi connectivity index (χ4v) is 10.9. The number of fused-ring (bicyclic) bond motifs is 15. The van der Waals surface area contributed by atoms with Crippen molar-refractivity contribution in [3.05, 3.63) is 216 Å². The van der Waals surface area contributed by atoms with Crippen LogP contribution in [-0.4, -0.2) is 9.55 Å². The SMILES string of the molecule is c1ccc(-c2cc(-c3ccccc3)nc(-n3c4ccc5c(c4c4ccc6ccccc6c43)Sc3ccccc3C53c4ccccc4-c4ccccc43)c2)cc1. The summed E-state index contributed by atoms with van der Waals surface area (Å²) in [6.07, 6.45) is 0. The fourth-order valence-electron chi connectivity index (χ4n) is 9.60. The largest absolute Gasteiger partial charge is 0.293 e. The summed E-state index contributed by atoms with van der Waals surface area (Å²) in [6.45, 7) is 0. The third-order valence-electron chi connectivity index (χ3n) is 11.8. The molecule has 0 saturated heterocycles. The molecule has 3 heterocycles. The Hall–Kier alpha value is -6.68. The molecule has 0 amide bonds. The molecule has 3 heteroatoms. The van der Waals surface area contributed by atoms with Crippen LogP contribution in [-0.2, 0) is 5.41 Å². The first-order valence-electron chi connectivity index (χ1n) is 18.9. The van der Waals surface area contributed by atoms with E-state index in [1.807, 2.05) is 11.8 Å². The highest BCUT2D eigenvalue weighted by Crippen LogP contribution is 2.63. The standard InChI is InChI=1S/C52H32N2S/c1-3-15-33(16-4-1)36-31-45(35-18-5-2-6-19-35)53-48(32-36)54-46-30-29-44-51(49(46)40-28-27-34-17-7-8-20-37(34)50(40)54)55-47-26-14-13-25-43(47)52(44)41-23-11-9-21-38(41)39-22-10-12-24-42(39)52/h1-32H. The van der Waals surface area contributed by atoms with Gasteiger partial charge in [-0.1, -0.05) is 182 Å². The predicted octanol–water partition coefficient (Wildman–Crippen LogP) is 13.5. The summed E-state index contributed by atoms with van der Waals surface area (Å²) in [5.74, 6) is 0.906. The lowest BCUT2D eigenvalue weighted by Gasteiger charge is -2.40. The zero-order valence-corrected chi connectivity index (χ0v) is 30.6. The molecule has 0 N–H and O–H groups in total. The Morgan fingerprint density at radius 1 is 0.455 bits per heavy atom. The van der Waals surface area contributed by atoms with Crippen molar-refractivity contribution in [3.8, 4) is 39.3 Å². The smallest absolute Gasteiger partial charge is 0.138 e. The highest BCUT2D eigenvalue weighted by atomic mass is 32.2. The van der Waals surface area contributed by atoms with Crippen LogP contribution >= 0.6 is 11.8 Å². The van der Waals surface area contributed by atoms with Crippen LogP contribution < -0.4 is 0 Å². The molecule has 8 aromatic carbocycles. The summed E-state index contributed by atoms with van der Waals surface area (Å²) < 4.78 is 2.44. The normalized spacial score (nSPS) is 13.5. The highest BCUT2D eigenvalue weighted by Gasteiger charge is 2.50. The average molecular weight is 717 g/mol. The van der Waals surface area contributed by atoms with E-state index in [9.17, 15) is 0 Å². The molecular formula is C52H32N2S. The highest BCUT2D eigenvalue weighted by molar-refractivity contribution is 7.99. The molecule has 10 aromatic rings. The van der Waals surface area contributed by atoms with Gasteiger partial charge in [0.15, 0.2) is 0 Å². The molecule has 1 aliphatic carbocycles. The van der Waals surface area contributed by atoms with E-state index < -0.39 is 5.41 Å². The lowest BCUT2D eigenvalue weighted by atomic mass is 9.67.